The molecule has 42 heavy (non-hydrogen) atoms. The molecule has 0 unspecified atom stereocenters. The maximum absolute atomic E-state index is 13.3. The van der Waals surface area contributed by atoms with Crippen LogP contribution >= 0.6 is 23.5 Å². The van der Waals surface area contributed by atoms with Crippen LogP contribution in [-0.4, -0.2) is 29.5 Å². The van der Waals surface area contributed by atoms with Crippen molar-refractivity contribution in [2.75, 3.05) is 9.62 Å². The highest BCUT2D eigenvalue weighted by molar-refractivity contribution is 8.00. The molecule has 0 spiro atoms. The van der Waals surface area contributed by atoms with Gasteiger partial charge in [-0.05, 0) is 95.7 Å². The van der Waals surface area contributed by atoms with Gasteiger partial charge < -0.3 is 10.4 Å². The van der Waals surface area contributed by atoms with E-state index in [1.165, 1.54) is 42.1 Å². The summed E-state index contributed by atoms with van der Waals surface area (Å²) in [6, 6.07) is 21.0. The van der Waals surface area contributed by atoms with E-state index in [4.69, 9.17) is 0 Å². The van der Waals surface area contributed by atoms with Gasteiger partial charge >= 0.3 is 15.8 Å². The molecule has 0 aliphatic heterocycles. The van der Waals surface area contributed by atoms with E-state index in [1.54, 1.807) is 36.4 Å². The summed E-state index contributed by atoms with van der Waals surface area (Å²) in [7, 11) is -4.93. The van der Waals surface area contributed by atoms with Crippen molar-refractivity contribution in [3.8, 4) is 5.75 Å². The number of benzene rings is 4. The topological polar surface area (TPSA) is 107 Å². The van der Waals surface area contributed by atoms with Gasteiger partial charge in [-0.25, -0.2) is 8.70 Å². The Morgan fingerprint density at radius 2 is 1.45 bits per heavy atom. The van der Waals surface area contributed by atoms with Gasteiger partial charge in [0.05, 0.1) is 12.1 Å². The normalized spacial score (nSPS) is 11.7. The molecule has 0 heterocycles. The van der Waals surface area contributed by atoms with Gasteiger partial charge in [0, 0.05) is 21.2 Å². The molecule has 7 nitrogen and oxygen atoms in total. The van der Waals surface area contributed by atoms with Crippen molar-refractivity contribution >= 4 is 56.8 Å². The van der Waals surface area contributed by atoms with Crippen molar-refractivity contribution in [3.63, 3.8) is 0 Å². The number of anilines is 3. The fraction of sp³-hybridized carbons (Fsp3) is 0.107. The van der Waals surface area contributed by atoms with Gasteiger partial charge in [-0.15, -0.1) is 11.8 Å². The molecule has 0 aliphatic rings. The first kappa shape index (κ1) is 31.2. The van der Waals surface area contributed by atoms with Crippen LogP contribution < -0.4 is 9.62 Å². The lowest BCUT2D eigenvalue weighted by Crippen LogP contribution is -2.25. The van der Waals surface area contributed by atoms with Crippen LogP contribution in [0.4, 0.5) is 34.6 Å². The van der Waals surface area contributed by atoms with Crippen LogP contribution in [-0.2, 0) is 27.3 Å². The first-order valence-corrected chi connectivity index (χ1v) is 15.2. The minimum absolute atomic E-state index is 0.114. The predicted molar refractivity (Wildman–Crippen MR) is 155 cm³/mol. The zero-order valence-corrected chi connectivity index (χ0v) is 23.8. The zero-order valence-electron chi connectivity index (χ0n) is 21.4. The number of halogens is 4. The number of carbonyl (C=O) groups excluding carboxylic acids is 1. The van der Waals surface area contributed by atoms with Crippen LogP contribution in [0.25, 0.3) is 0 Å². The number of phenolic OH excluding ortho intramolecular Hbond substituents is 1. The molecule has 0 radical (unpaired) electrons. The molecule has 0 saturated carbocycles. The molecule has 3 N–H and O–H groups in total. The van der Waals surface area contributed by atoms with Crippen LogP contribution in [0.5, 0.6) is 5.75 Å². The first-order chi connectivity index (χ1) is 19.8. The Kier molecular flexibility index (Phi) is 9.71. The fourth-order valence-electron chi connectivity index (χ4n) is 3.79. The van der Waals surface area contributed by atoms with Crippen molar-refractivity contribution < 1.29 is 40.4 Å². The van der Waals surface area contributed by atoms with E-state index in [2.05, 4.69) is 5.32 Å². The molecule has 4 rings (SSSR count). The Labute approximate surface area is 247 Å². The quantitative estimate of drug-likeness (QED) is 0.0935. The Hall–Kier alpha value is -3.72. The number of thioether (sulfide) groups is 2. The summed E-state index contributed by atoms with van der Waals surface area (Å²) in [5.41, 5.74) is -3.14. The molecule has 0 fully saturated rings. The number of rotatable bonds is 10. The molecule has 1 amide bonds. The number of hydrogen-bond donors (Lipinski definition) is 3. The maximum atomic E-state index is 13.3. The number of alkyl halides is 3. The minimum Gasteiger partial charge on any atom is -0.506 e. The predicted octanol–water partition coefficient (Wildman–Crippen LogP) is 7.56. The van der Waals surface area contributed by atoms with Gasteiger partial charge in [0.25, 0.3) is 0 Å². The summed E-state index contributed by atoms with van der Waals surface area (Å²) in [4.78, 5) is 13.7. The van der Waals surface area contributed by atoms with E-state index in [0.29, 0.717) is 21.3 Å². The first-order valence-electron chi connectivity index (χ1n) is 12.0. The summed E-state index contributed by atoms with van der Waals surface area (Å²) in [5.74, 6) is -1.04. The number of nitrogens with zero attached hydrogens (tertiary/aromatic N) is 1. The Morgan fingerprint density at radius 3 is 2.05 bits per heavy atom. The van der Waals surface area contributed by atoms with Crippen LogP contribution in [0.3, 0.4) is 0 Å². The molecule has 0 aliphatic carbocycles. The molecule has 0 saturated heterocycles. The summed E-state index contributed by atoms with van der Waals surface area (Å²) in [6.45, 7) is 0. The molecular formula is C28H22F4N2O5S3. The van der Waals surface area contributed by atoms with Gasteiger partial charge in [-0.2, -0.15) is 21.6 Å². The Balaban J connectivity index is 1.37. The molecular weight excluding hydrogens is 617 g/mol. The third kappa shape index (κ3) is 8.89. The summed E-state index contributed by atoms with van der Waals surface area (Å²) in [6.07, 6.45) is -0.199. The lowest BCUT2D eigenvalue weighted by Gasteiger charge is -2.22. The minimum atomic E-state index is -4.93. The second-order valence-electron chi connectivity index (χ2n) is 8.77. The SMILES string of the molecule is O=C(Cc1ccc(O)c(N(c2ccc(F)cc2)S(=O)(=O)O)c1)Nc1ccc(SCc2ccc(SC(F)(F)F)cc2)cc1. The number of phenols is 1. The smallest absolute Gasteiger partial charge is 0.446 e. The largest absolute Gasteiger partial charge is 0.506 e. The number of nitrogens with one attached hydrogen (secondary N) is 1. The summed E-state index contributed by atoms with van der Waals surface area (Å²) in [5, 5.41) is 13.0. The third-order valence-corrected chi connectivity index (χ3v) is 8.31. The van der Waals surface area contributed by atoms with Gasteiger partial charge in [0.1, 0.15) is 17.3 Å². The van der Waals surface area contributed by atoms with E-state index in [9.17, 15) is 40.4 Å². The second kappa shape index (κ2) is 13.1. The Morgan fingerprint density at radius 1 is 0.857 bits per heavy atom. The van der Waals surface area contributed by atoms with Crippen molar-refractivity contribution in [1.82, 2.24) is 0 Å². The van der Waals surface area contributed by atoms with Crippen LogP contribution in [0.15, 0.2) is 101 Å². The molecule has 0 bridgehead atoms. The van der Waals surface area contributed by atoms with Crippen LogP contribution in [0.1, 0.15) is 11.1 Å². The number of amides is 1. The van der Waals surface area contributed by atoms with Gasteiger partial charge in [0.15, 0.2) is 0 Å². The summed E-state index contributed by atoms with van der Waals surface area (Å²) >= 11 is 1.30. The van der Waals surface area contributed by atoms with Crippen molar-refractivity contribution in [1.29, 1.82) is 0 Å². The van der Waals surface area contributed by atoms with Gasteiger partial charge in [-0.3, -0.25) is 9.35 Å². The van der Waals surface area contributed by atoms with Crippen LogP contribution in [0, 0.1) is 5.82 Å². The standard InChI is InChI=1S/C28H22F4N2O5S3/c29-20-4-8-22(9-5-20)34(42(37,38)39)25-15-19(3-14-26(25)35)16-27(36)33-21-6-12-23(13-7-21)40-17-18-1-10-24(11-2-18)41-28(30,31)32/h1-15,35H,16-17H2,(H,33,36)(H,37,38,39). The van der Waals surface area contributed by atoms with E-state index < -0.39 is 33.3 Å². The lowest BCUT2D eigenvalue weighted by atomic mass is 10.1. The highest BCUT2D eigenvalue weighted by Crippen LogP contribution is 2.38. The highest BCUT2D eigenvalue weighted by Gasteiger charge is 2.29. The van der Waals surface area contributed by atoms with Crippen LogP contribution in [0.2, 0.25) is 0 Å². The molecule has 0 atom stereocenters. The number of aromatic hydroxyl groups is 1. The van der Waals surface area contributed by atoms with Crippen molar-refractivity contribution in [2.45, 2.75) is 27.5 Å². The lowest BCUT2D eigenvalue weighted by molar-refractivity contribution is -0.115. The number of carbonyl (C=O) groups is 1. The molecule has 14 heteroatoms. The van der Waals surface area contributed by atoms with Crippen molar-refractivity contribution in [3.05, 3.63) is 108 Å². The molecule has 4 aromatic carbocycles. The Bertz CT molecular complexity index is 1650. The average molecular weight is 639 g/mol. The summed E-state index contributed by atoms with van der Waals surface area (Å²) < 4.78 is 85.2. The monoisotopic (exact) mass is 638 g/mol. The van der Waals surface area contributed by atoms with Gasteiger partial charge in [-0.1, -0.05) is 18.2 Å². The molecule has 4 aromatic rings. The zero-order chi connectivity index (χ0) is 30.5. The van der Waals surface area contributed by atoms with E-state index in [1.807, 2.05) is 0 Å². The highest BCUT2D eigenvalue weighted by atomic mass is 32.2. The fourth-order valence-corrected chi connectivity index (χ4v) is 5.97. The third-order valence-electron chi connectivity index (χ3n) is 5.62. The second-order valence-corrected chi connectivity index (χ2v) is 12.2. The van der Waals surface area contributed by atoms with E-state index >= 15 is 0 Å². The average Bonchev–Trinajstić information content (AvgIpc) is 2.90. The van der Waals surface area contributed by atoms with Crippen molar-refractivity contribution in [2.24, 2.45) is 0 Å². The molecule has 220 valence electrons. The van der Waals surface area contributed by atoms with Gasteiger partial charge in [0.2, 0.25) is 5.91 Å². The number of hydrogen-bond acceptors (Lipinski definition) is 6. The van der Waals surface area contributed by atoms with E-state index in [-0.39, 0.29) is 34.5 Å². The molecule has 0 aromatic heterocycles. The van der Waals surface area contributed by atoms with E-state index in [0.717, 1.165) is 34.7 Å². The maximum Gasteiger partial charge on any atom is 0.446 e.